The third kappa shape index (κ3) is 8.01. The average Bonchev–Trinajstić information content (AvgIpc) is 3.33. The van der Waals surface area contributed by atoms with Crippen LogP contribution in [0.4, 0.5) is 0 Å². The van der Waals surface area contributed by atoms with E-state index < -0.39 is 0 Å². The summed E-state index contributed by atoms with van der Waals surface area (Å²) in [7, 11) is 4.48. The molecule has 2 saturated heterocycles. The van der Waals surface area contributed by atoms with Crippen molar-refractivity contribution in [2.45, 2.75) is 59.8 Å². The lowest BCUT2D eigenvalue weighted by atomic mass is 9.74. The Morgan fingerprint density at radius 2 is 0.920 bits per heavy atom. The third-order valence-electron chi connectivity index (χ3n) is 11.1. The predicted molar refractivity (Wildman–Crippen MR) is 225 cm³/mol. The van der Waals surface area contributed by atoms with Gasteiger partial charge in [0.2, 0.25) is 0 Å². The summed E-state index contributed by atoms with van der Waals surface area (Å²) in [5, 5.41) is 0. The molecule has 0 radical (unpaired) electrons. The second-order valence-corrected chi connectivity index (χ2v) is 14.8. The third-order valence-corrected chi connectivity index (χ3v) is 11.8. The van der Waals surface area contributed by atoms with Gasteiger partial charge in [-0.2, -0.15) is 0 Å². The van der Waals surface area contributed by atoms with E-state index in [-0.39, 0.29) is 22.3 Å². The number of halogens is 1. The van der Waals surface area contributed by atoms with Crippen molar-refractivity contribution in [3.05, 3.63) is 154 Å². The fourth-order valence-corrected chi connectivity index (χ4v) is 9.18. The van der Waals surface area contributed by atoms with Crippen LogP contribution in [0.3, 0.4) is 0 Å². The molecule has 264 valence electrons. The number of benzene rings is 4. The quantitative estimate of drug-likeness (QED) is 0.207. The maximum atomic E-state index is 4.07. The molecule has 0 saturated carbocycles. The Labute approximate surface area is 312 Å². The molecule has 8 rings (SSSR count). The van der Waals surface area contributed by atoms with Gasteiger partial charge >= 0.3 is 0 Å². The van der Waals surface area contributed by atoms with E-state index in [0.717, 1.165) is 5.92 Å². The summed E-state index contributed by atoms with van der Waals surface area (Å²) in [6.45, 7) is 8.89. The topological polar surface area (TPSA) is 6.48 Å². The Hall–Kier alpha value is -3.50. The highest BCUT2D eigenvalue weighted by Crippen LogP contribution is 2.47. The van der Waals surface area contributed by atoms with Crippen LogP contribution in [0.2, 0.25) is 0 Å². The summed E-state index contributed by atoms with van der Waals surface area (Å²) in [5.41, 5.74) is 12.6. The zero-order valence-electron chi connectivity index (χ0n) is 27.9. The molecular formula is C47H59BrN2. The van der Waals surface area contributed by atoms with Crippen LogP contribution in [0.15, 0.2) is 110 Å². The summed E-state index contributed by atoms with van der Waals surface area (Å²) < 4.78 is 1.20. The van der Waals surface area contributed by atoms with Crippen molar-refractivity contribution in [3.8, 4) is 0 Å². The van der Waals surface area contributed by atoms with Gasteiger partial charge in [0.05, 0.1) is 0 Å². The molecule has 2 fully saturated rings. The first-order valence-corrected chi connectivity index (χ1v) is 18.3. The van der Waals surface area contributed by atoms with Crippen molar-refractivity contribution in [1.29, 1.82) is 0 Å². The molecule has 0 N–H and O–H groups in total. The van der Waals surface area contributed by atoms with Gasteiger partial charge in [-0.15, -0.1) is 0 Å². The summed E-state index contributed by atoms with van der Waals surface area (Å²) in [6, 6.07) is 35.7. The van der Waals surface area contributed by atoms with Crippen LogP contribution >= 0.6 is 15.9 Å². The first-order chi connectivity index (χ1) is 23.0. The number of nitrogens with zero attached hydrogens (tertiary/aromatic N) is 2. The minimum atomic E-state index is 0. The van der Waals surface area contributed by atoms with E-state index in [0.29, 0.717) is 17.8 Å². The lowest BCUT2D eigenvalue weighted by Gasteiger charge is -2.35. The largest absolute Gasteiger partial charge is 0.306 e. The highest BCUT2D eigenvalue weighted by Gasteiger charge is 2.33. The van der Waals surface area contributed by atoms with Gasteiger partial charge in [0.15, 0.2) is 0 Å². The number of piperidine rings is 2. The zero-order valence-corrected chi connectivity index (χ0v) is 29.5. The number of hydrogen-bond donors (Lipinski definition) is 0. The average molecular weight is 732 g/mol. The molecule has 50 heavy (non-hydrogen) atoms. The smallest absolute Gasteiger partial charge is 0.0256 e. The normalized spacial score (nSPS) is 20.4. The fraction of sp³-hybridized carbons (Fsp3) is 0.362. The first-order valence-electron chi connectivity index (χ1n) is 17.5. The second-order valence-electron chi connectivity index (χ2n) is 14.0. The van der Waals surface area contributed by atoms with E-state index in [1.807, 2.05) is 6.08 Å². The molecule has 4 aromatic carbocycles. The molecule has 2 aliphatic carbocycles. The molecule has 0 spiro atoms. The van der Waals surface area contributed by atoms with Crippen LogP contribution < -0.4 is 0 Å². The number of fused-ring (bicyclic) bond motifs is 4. The fourth-order valence-electron chi connectivity index (χ4n) is 8.57. The van der Waals surface area contributed by atoms with E-state index in [4.69, 9.17) is 0 Å². The minimum absolute atomic E-state index is 0. The lowest BCUT2D eigenvalue weighted by Crippen LogP contribution is -2.33. The van der Waals surface area contributed by atoms with E-state index in [2.05, 4.69) is 156 Å². The van der Waals surface area contributed by atoms with Crippen molar-refractivity contribution >= 4 is 38.1 Å². The molecule has 0 amide bonds. The van der Waals surface area contributed by atoms with Crippen molar-refractivity contribution < 1.29 is 0 Å². The van der Waals surface area contributed by atoms with E-state index in [1.165, 1.54) is 106 Å². The van der Waals surface area contributed by atoms with Crippen LogP contribution in [-0.2, 0) is 0 Å². The van der Waals surface area contributed by atoms with Gasteiger partial charge in [-0.25, -0.2) is 0 Å². The van der Waals surface area contributed by atoms with Crippen LogP contribution in [0, 0.1) is 11.8 Å². The number of rotatable bonds is 3. The summed E-state index contributed by atoms with van der Waals surface area (Å²) >= 11 is 3.82. The van der Waals surface area contributed by atoms with Crippen molar-refractivity contribution in [1.82, 2.24) is 9.80 Å². The molecule has 0 bridgehead atoms. The molecule has 4 aromatic rings. The summed E-state index contributed by atoms with van der Waals surface area (Å²) in [5.74, 6) is 2.42. The Bertz CT molecular complexity index is 1780. The molecule has 2 nitrogen and oxygen atoms in total. The minimum Gasteiger partial charge on any atom is -0.306 e. The Morgan fingerprint density at radius 1 is 0.540 bits per heavy atom. The van der Waals surface area contributed by atoms with Gasteiger partial charge in [-0.3, -0.25) is 0 Å². The maximum absolute atomic E-state index is 4.07. The van der Waals surface area contributed by atoms with Gasteiger partial charge < -0.3 is 9.80 Å². The predicted octanol–water partition coefficient (Wildman–Crippen LogP) is 12.5. The summed E-state index contributed by atoms with van der Waals surface area (Å²) in [6.07, 6.45) is 11.7. The summed E-state index contributed by atoms with van der Waals surface area (Å²) in [4.78, 5) is 4.91. The number of allylic oxidation sites excluding steroid dienone is 2. The van der Waals surface area contributed by atoms with E-state index in [1.54, 1.807) is 0 Å². The van der Waals surface area contributed by atoms with Gasteiger partial charge in [-0.1, -0.05) is 148 Å². The lowest BCUT2D eigenvalue weighted by molar-refractivity contribution is 0.207. The van der Waals surface area contributed by atoms with Crippen LogP contribution in [0.1, 0.15) is 104 Å². The molecule has 4 aliphatic rings. The van der Waals surface area contributed by atoms with Crippen LogP contribution in [-0.4, -0.2) is 50.1 Å². The zero-order chi connectivity index (χ0) is 32.3. The first kappa shape index (κ1) is 39.3. The van der Waals surface area contributed by atoms with Crippen LogP contribution in [0.25, 0.3) is 22.2 Å². The van der Waals surface area contributed by atoms with Crippen LogP contribution in [0.5, 0.6) is 0 Å². The molecule has 2 aliphatic heterocycles. The molecule has 3 heteroatoms. The van der Waals surface area contributed by atoms with Gasteiger partial charge in [0.1, 0.15) is 0 Å². The Morgan fingerprint density at radius 3 is 1.40 bits per heavy atom. The SMILES string of the molecule is C.C.C.C=CC1=Cc2ccccc2C(C2CCN(C)CC2)c2ccccc21.CN1CCC(C2c3ccccc3C=C(Br)c3ccccc32)CC1. The molecule has 2 unspecified atom stereocenters. The molecule has 0 aromatic heterocycles. The maximum Gasteiger partial charge on any atom is 0.0256 e. The van der Waals surface area contributed by atoms with Crippen molar-refractivity contribution in [2.75, 3.05) is 40.3 Å². The Balaban J connectivity index is 0.000000212. The van der Waals surface area contributed by atoms with Gasteiger partial charge in [0, 0.05) is 16.3 Å². The number of likely N-dealkylation sites (tertiary alicyclic amines) is 2. The standard InChI is InChI=1S/C23H25N.C21H22BrN.3CH4/c1-3-17-16-19-8-4-5-10-21(19)23(18-12-14-24(2)15-13-18)22-11-7-6-9-20(17)22;1-23-12-10-15(11-13-23)21-17-7-3-2-6-16(17)14-20(22)18-8-4-5-9-19(18)21;;;/h3-11,16,18,23H,1,12-15H2,2H3;2-9,14-15,21H,10-13H2,1H3;3*1H4. The van der Waals surface area contributed by atoms with Gasteiger partial charge in [-0.05, 0) is 140 Å². The van der Waals surface area contributed by atoms with E-state index >= 15 is 0 Å². The highest BCUT2D eigenvalue weighted by molar-refractivity contribution is 9.15. The molecular weight excluding hydrogens is 672 g/mol. The molecule has 2 atom stereocenters. The number of hydrogen-bond acceptors (Lipinski definition) is 2. The second kappa shape index (κ2) is 17.6. The highest BCUT2D eigenvalue weighted by atomic mass is 79.9. The monoisotopic (exact) mass is 730 g/mol. The van der Waals surface area contributed by atoms with Crippen molar-refractivity contribution in [2.24, 2.45) is 11.8 Å². The molecule has 2 heterocycles. The Kier molecular flexibility index (Phi) is 13.8. The van der Waals surface area contributed by atoms with Gasteiger partial charge in [0.25, 0.3) is 0 Å². The van der Waals surface area contributed by atoms with E-state index in [9.17, 15) is 0 Å². The van der Waals surface area contributed by atoms with Crippen molar-refractivity contribution in [3.63, 3.8) is 0 Å².